The Bertz CT molecular complexity index is 1280. The molecule has 3 aromatic rings. The van der Waals surface area contributed by atoms with E-state index in [9.17, 15) is 9.59 Å². The third-order valence-electron chi connectivity index (χ3n) is 5.10. The molecule has 0 radical (unpaired) electrons. The highest BCUT2D eigenvalue weighted by Gasteiger charge is 2.33. The molecule has 0 unspecified atom stereocenters. The number of amides is 2. The summed E-state index contributed by atoms with van der Waals surface area (Å²) in [6, 6.07) is 17.8. The van der Waals surface area contributed by atoms with Crippen LogP contribution in [0.4, 0.5) is 0 Å². The van der Waals surface area contributed by atoms with Crippen LogP contribution in [-0.4, -0.2) is 38.2 Å². The third-order valence-corrected chi connectivity index (χ3v) is 6.61. The predicted octanol–water partition coefficient (Wildman–Crippen LogP) is 4.36. The highest BCUT2D eigenvalue weighted by atomic mass is 32.2. The van der Waals surface area contributed by atoms with E-state index in [1.165, 1.54) is 22.2 Å². The van der Waals surface area contributed by atoms with Gasteiger partial charge in [-0.1, -0.05) is 65.9 Å². The maximum Gasteiger partial charge on any atom is 0.265 e. The zero-order valence-electron chi connectivity index (χ0n) is 18.2. The van der Waals surface area contributed by atoms with Crippen LogP contribution in [0.25, 0.3) is 17.3 Å². The van der Waals surface area contributed by atoms with Gasteiger partial charge in [-0.3, -0.25) is 24.5 Å². The molecule has 4 rings (SSSR count). The first kappa shape index (κ1) is 22.7. The number of rotatable bonds is 6. The molecule has 33 heavy (non-hydrogen) atoms. The number of aromatic nitrogens is 2. The monoisotopic (exact) mass is 474 g/mol. The number of hydrogen-bond acceptors (Lipinski definition) is 5. The lowest BCUT2D eigenvalue weighted by atomic mass is 10.0. The number of hydrogen-bond donors (Lipinski definition) is 1. The molecule has 2 heterocycles. The minimum absolute atomic E-state index is 0.00128. The molecule has 0 spiro atoms. The minimum atomic E-state index is -0.528. The second-order valence-corrected chi connectivity index (χ2v) is 8.94. The van der Waals surface area contributed by atoms with Crippen LogP contribution < -0.4 is 5.32 Å². The number of thiocarbonyl (C=S) groups is 1. The lowest BCUT2D eigenvalue weighted by molar-refractivity contribution is -0.128. The Morgan fingerprint density at radius 3 is 2.48 bits per heavy atom. The van der Waals surface area contributed by atoms with Crippen LogP contribution in [0.1, 0.15) is 11.1 Å². The normalized spacial score (nSPS) is 15.2. The van der Waals surface area contributed by atoms with Crippen molar-refractivity contribution >= 4 is 47.0 Å². The predicted molar refractivity (Wildman–Crippen MR) is 135 cm³/mol. The van der Waals surface area contributed by atoms with Crippen molar-refractivity contribution in [2.45, 2.75) is 16.8 Å². The molecule has 6 nitrogen and oxygen atoms in total. The largest absolute Gasteiger partial charge is 0.298 e. The highest BCUT2D eigenvalue weighted by molar-refractivity contribution is 7.99. The Kier molecular flexibility index (Phi) is 6.57. The molecule has 0 atom stereocenters. The Morgan fingerprint density at radius 1 is 1.12 bits per heavy atom. The van der Waals surface area contributed by atoms with E-state index in [2.05, 4.69) is 11.9 Å². The smallest absolute Gasteiger partial charge is 0.265 e. The molecule has 1 N–H and O–H groups in total. The fourth-order valence-electron chi connectivity index (χ4n) is 3.44. The lowest BCUT2D eigenvalue weighted by Gasteiger charge is -2.27. The molecule has 1 aliphatic heterocycles. The van der Waals surface area contributed by atoms with Crippen molar-refractivity contribution in [2.75, 3.05) is 6.54 Å². The molecular weight excluding hydrogens is 452 g/mol. The van der Waals surface area contributed by atoms with Crippen LogP contribution in [0.3, 0.4) is 0 Å². The number of carbonyl (C=O) groups is 2. The molecule has 166 valence electrons. The fourth-order valence-corrected chi connectivity index (χ4v) is 4.62. The summed E-state index contributed by atoms with van der Waals surface area (Å²) in [5.41, 5.74) is 3.43. The van der Waals surface area contributed by atoms with Crippen LogP contribution in [0.2, 0.25) is 0 Å². The molecule has 1 aliphatic rings. The van der Waals surface area contributed by atoms with Gasteiger partial charge in [0.1, 0.15) is 16.3 Å². The van der Waals surface area contributed by atoms with E-state index >= 15 is 0 Å². The van der Waals surface area contributed by atoms with Gasteiger partial charge in [0, 0.05) is 29.6 Å². The summed E-state index contributed by atoms with van der Waals surface area (Å²) in [6.07, 6.45) is 3.18. The zero-order valence-corrected chi connectivity index (χ0v) is 19.9. The van der Waals surface area contributed by atoms with Crippen LogP contribution >= 0.6 is 24.0 Å². The van der Waals surface area contributed by atoms with Gasteiger partial charge in [-0.15, -0.1) is 6.58 Å². The summed E-state index contributed by atoms with van der Waals surface area (Å²) < 4.78 is 1.77. The first-order valence-electron chi connectivity index (χ1n) is 10.3. The van der Waals surface area contributed by atoms with Crippen molar-refractivity contribution < 1.29 is 9.59 Å². The maximum absolute atomic E-state index is 13.1. The van der Waals surface area contributed by atoms with E-state index in [0.29, 0.717) is 11.3 Å². The molecule has 2 amide bonds. The third kappa shape index (κ3) is 4.67. The zero-order chi connectivity index (χ0) is 23.5. The van der Waals surface area contributed by atoms with Crippen molar-refractivity contribution in [1.29, 1.82) is 0 Å². The Morgan fingerprint density at radius 2 is 1.82 bits per heavy atom. The molecule has 0 saturated carbocycles. The van der Waals surface area contributed by atoms with Crippen LogP contribution in [-0.2, 0) is 16.6 Å². The van der Waals surface area contributed by atoms with Gasteiger partial charge in [-0.05, 0) is 37.4 Å². The number of nitrogens with one attached hydrogen (secondary N) is 1. The van der Waals surface area contributed by atoms with Crippen molar-refractivity contribution in [2.24, 2.45) is 7.05 Å². The summed E-state index contributed by atoms with van der Waals surface area (Å²) in [4.78, 5) is 28.2. The van der Waals surface area contributed by atoms with Gasteiger partial charge >= 0.3 is 0 Å². The summed E-state index contributed by atoms with van der Waals surface area (Å²) >= 11 is 6.70. The van der Waals surface area contributed by atoms with Gasteiger partial charge in [0.15, 0.2) is 5.11 Å². The van der Waals surface area contributed by atoms with Crippen molar-refractivity contribution in [3.8, 4) is 11.3 Å². The summed E-state index contributed by atoms with van der Waals surface area (Å²) in [5.74, 6) is -0.989. The first-order chi connectivity index (χ1) is 15.9. The minimum Gasteiger partial charge on any atom is -0.298 e. The fraction of sp³-hybridized carbons (Fsp3) is 0.120. The van der Waals surface area contributed by atoms with Gasteiger partial charge in [0.25, 0.3) is 11.8 Å². The number of nitrogens with zero attached hydrogens (tertiary/aromatic N) is 3. The molecule has 0 bridgehead atoms. The van der Waals surface area contributed by atoms with Crippen LogP contribution in [0, 0.1) is 6.92 Å². The Labute approximate surface area is 202 Å². The van der Waals surface area contributed by atoms with Crippen molar-refractivity contribution in [3.63, 3.8) is 0 Å². The quantitative estimate of drug-likeness (QED) is 0.249. The summed E-state index contributed by atoms with van der Waals surface area (Å²) in [7, 11) is 1.85. The second-order valence-electron chi connectivity index (χ2n) is 7.49. The van der Waals surface area contributed by atoms with E-state index < -0.39 is 11.8 Å². The highest BCUT2D eigenvalue weighted by Crippen LogP contribution is 2.37. The first-order valence-corrected chi connectivity index (χ1v) is 11.5. The Hall–Kier alpha value is -3.49. The molecule has 8 heteroatoms. The number of benzene rings is 2. The number of carbonyl (C=O) groups excluding carboxylic acids is 2. The molecule has 2 aromatic carbocycles. The van der Waals surface area contributed by atoms with E-state index in [0.717, 1.165) is 15.5 Å². The van der Waals surface area contributed by atoms with Gasteiger partial charge in [-0.2, -0.15) is 5.10 Å². The van der Waals surface area contributed by atoms with E-state index in [1.807, 2.05) is 68.6 Å². The molecule has 1 fully saturated rings. The Balaban J connectivity index is 1.86. The lowest BCUT2D eigenvalue weighted by Crippen LogP contribution is -2.53. The maximum atomic E-state index is 13.1. The summed E-state index contributed by atoms with van der Waals surface area (Å²) in [6.45, 7) is 5.92. The van der Waals surface area contributed by atoms with Crippen molar-refractivity contribution in [3.05, 3.63) is 84.0 Å². The molecule has 1 aromatic heterocycles. The van der Waals surface area contributed by atoms with Crippen LogP contribution in [0.15, 0.2) is 82.7 Å². The van der Waals surface area contributed by atoms with Crippen LogP contribution in [0.5, 0.6) is 0 Å². The second kappa shape index (κ2) is 9.56. The van der Waals surface area contributed by atoms with Gasteiger partial charge in [0.2, 0.25) is 0 Å². The molecule has 0 aliphatic carbocycles. The van der Waals surface area contributed by atoms with Gasteiger partial charge < -0.3 is 0 Å². The molecular formula is C25H22N4O2S2. The van der Waals surface area contributed by atoms with Gasteiger partial charge in [0.05, 0.1) is 0 Å². The standard InChI is InChI=1S/C25H22N4O2S2/c1-4-14-29-23(31)20(22(30)26-25(29)32)15-19-21(17-8-6-5-7-9-17)27-28(3)24(19)33-18-12-10-16(2)11-13-18/h4-13,15H,1,14H2,2-3H3,(H,26,30,32)/b20-15+. The van der Waals surface area contributed by atoms with E-state index in [4.69, 9.17) is 17.3 Å². The van der Waals surface area contributed by atoms with E-state index in [1.54, 1.807) is 16.8 Å². The van der Waals surface area contributed by atoms with Gasteiger partial charge in [-0.25, -0.2) is 0 Å². The topological polar surface area (TPSA) is 67.2 Å². The SMILES string of the molecule is C=CCN1C(=O)/C(=C/c2c(-c3ccccc3)nn(C)c2Sc2ccc(C)cc2)C(=O)NC1=S. The average molecular weight is 475 g/mol. The van der Waals surface area contributed by atoms with Crippen molar-refractivity contribution in [1.82, 2.24) is 20.0 Å². The number of aryl methyl sites for hydroxylation is 2. The summed E-state index contributed by atoms with van der Waals surface area (Å²) in [5, 5.41) is 8.23. The average Bonchev–Trinajstić information content (AvgIpc) is 3.11. The molecule has 1 saturated heterocycles. The van der Waals surface area contributed by atoms with E-state index in [-0.39, 0.29) is 17.2 Å².